The van der Waals surface area contributed by atoms with Crippen molar-refractivity contribution in [3.63, 3.8) is 0 Å². The Bertz CT molecular complexity index is 505. The van der Waals surface area contributed by atoms with Gasteiger partial charge in [-0.15, -0.1) is 13.2 Å². The second kappa shape index (κ2) is 5.11. The minimum absolute atomic E-state index is 0.0822. The van der Waals surface area contributed by atoms with Crippen LogP contribution in [-0.2, 0) is 0 Å². The van der Waals surface area contributed by atoms with E-state index in [4.69, 9.17) is 0 Å². The van der Waals surface area contributed by atoms with Crippen LogP contribution in [0.5, 0.6) is 5.75 Å². The molecule has 0 bridgehead atoms. The quantitative estimate of drug-likeness (QED) is 0.865. The highest BCUT2D eigenvalue weighted by molar-refractivity contribution is 9.10. The van der Waals surface area contributed by atoms with Gasteiger partial charge < -0.3 is 15.2 Å². The van der Waals surface area contributed by atoms with Crippen molar-refractivity contribution in [2.45, 2.75) is 38.8 Å². The smallest absolute Gasteiger partial charge is 0.405 e. The topological polar surface area (TPSA) is 41.5 Å². The molecule has 2 N–H and O–H groups in total. The zero-order valence-electron chi connectivity index (χ0n) is 11.0. The summed E-state index contributed by atoms with van der Waals surface area (Å²) in [6, 6.07) is 4.38. The average molecular weight is 354 g/mol. The molecule has 3 nitrogen and oxygen atoms in total. The van der Waals surface area contributed by atoms with Crippen LogP contribution in [0.4, 0.5) is 18.9 Å². The van der Waals surface area contributed by atoms with Gasteiger partial charge in [0.05, 0.1) is 10.6 Å². The number of aliphatic hydroxyl groups excluding tert-OH is 1. The molecule has 0 radical (unpaired) electrons. The van der Waals surface area contributed by atoms with Crippen molar-refractivity contribution in [2.24, 2.45) is 5.41 Å². The van der Waals surface area contributed by atoms with E-state index in [2.05, 4.69) is 26.0 Å². The predicted molar refractivity (Wildman–Crippen MR) is 72.6 cm³/mol. The van der Waals surface area contributed by atoms with Crippen LogP contribution in [-0.4, -0.2) is 23.6 Å². The van der Waals surface area contributed by atoms with Crippen LogP contribution in [0.15, 0.2) is 22.7 Å². The summed E-state index contributed by atoms with van der Waals surface area (Å²) in [5.41, 5.74) is 0.421. The van der Waals surface area contributed by atoms with Crippen LogP contribution >= 0.6 is 15.9 Å². The van der Waals surface area contributed by atoms with E-state index in [1.165, 1.54) is 18.2 Å². The van der Waals surface area contributed by atoms with E-state index in [9.17, 15) is 18.3 Å². The summed E-state index contributed by atoms with van der Waals surface area (Å²) in [4.78, 5) is 0. The highest BCUT2D eigenvalue weighted by Gasteiger charge is 2.47. The van der Waals surface area contributed by atoms with E-state index >= 15 is 0 Å². The van der Waals surface area contributed by atoms with E-state index in [1.807, 2.05) is 13.8 Å². The van der Waals surface area contributed by atoms with Gasteiger partial charge in [0.1, 0.15) is 5.75 Å². The summed E-state index contributed by atoms with van der Waals surface area (Å²) >= 11 is 3.06. The van der Waals surface area contributed by atoms with Crippen LogP contribution in [0, 0.1) is 5.41 Å². The van der Waals surface area contributed by atoms with Crippen LogP contribution in [0.1, 0.15) is 20.3 Å². The van der Waals surface area contributed by atoms with Crippen molar-refractivity contribution in [1.29, 1.82) is 0 Å². The van der Waals surface area contributed by atoms with E-state index in [0.717, 1.165) is 0 Å². The van der Waals surface area contributed by atoms with Gasteiger partial charge in [0.2, 0.25) is 0 Å². The molecule has 0 aromatic heterocycles. The molecule has 2 atom stereocenters. The minimum Gasteiger partial charge on any atom is -0.405 e. The van der Waals surface area contributed by atoms with Crippen LogP contribution in [0.2, 0.25) is 0 Å². The number of hydrogen-bond acceptors (Lipinski definition) is 3. The predicted octanol–water partition coefficient (Wildman–Crippen LogP) is 3.92. The van der Waals surface area contributed by atoms with E-state index in [0.29, 0.717) is 12.1 Å². The maximum atomic E-state index is 12.2. The Labute approximate surface area is 123 Å². The first-order chi connectivity index (χ1) is 9.09. The van der Waals surface area contributed by atoms with Gasteiger partial charge in [-0.2, -0.15) is 0 Å². The van der Waals surface area contributed by atoms with Crippen molar-refractivity contribution in [3.8, 4) is 5.75 Å². The summed E-state index contributed by atoms with van der Waals surface area (Å²) in [6.07, 6.45) is -4.46. The number of aliphatic hydroxyl groups is 1. The highest BCUT2D eigenvalue weighted by atomic mass is 79.9. The van der Waals surface area contributed by atoms with Gasteiger partial charge in [-0.05, 0) is 40.5 Å². The number of hydrogen-bond donors (Lipinski definition) is 2. The Balaban J connectivity index is 2.07. The fourth-order valence-electron chi connectivity index (χ4n) is 2.15. The second-order valence-electron chi connectivity index (χ2n) is 5.46. The Hall–Kier alpha value is -0.950. The van der Waals surface area contributed by atoms with Gasteiger partial charge in [-0.1, -0.05) is 13.8 Å². The Kier molecular flexibility index (Phi) is 3.94. The first kappa shape index (κ1) is 15.4. The molecule has 1 saturated carbocycles. The monoisotopic (exact) mass is 353 g/mol. The van der Waals surface area contributed by atoms with Gasteiger partial charge >= 0.3 is 6.36 Å². The summed E-state index contributed by atoms with van der Waals surface area (Å²) in [6.45, 7) is 3.88. The van der Waals surface area contributed by atoms with Gasteiger partial charge in [-0.3, -0.25) is 0 Å². The van der Waals surface area contributed by atoms with Gasteiger partial charge in [0.15, 0.2) is 0 Å². The van der Waals surface area contributed by atoms with E-state index in [1.54, 1.807) is 0 Å². The maximum Gasteiger partial charge on any atom is 0.573 e. The number of ether oxygens (including phenoxy) is 1. The zero-order valence-corrected chi connectivity index (χ0v) is 12.5. The summed E-state index contributed by atoms with van der Waals surface area (Å²) in [7, 11) is 0. The summed E-state index contributed by atoms with van der Waals surface area (Å²) < 4.78 is 40.6. The van der Waals surface area contributed by atoms with Gasteiger partial charge in [-0.25, -0.2) is 0 Å². The largest absolute Gasteiger partial charge is 0.573 e. The minimum atomic E-state index is -4.71. The Morgan fingerprint density at radius 1 is 1.40 bits per heavy atom. The number of halogens is 4. The molecule has 0 spiro atoms. The van der Waals surface area contributed by atoms with Crippen LogP contribution in [0.3, 0.4) is 0 Å². The normalized spacial score (nSPS) is 24.9. The van der Waals surface area contributed by atoms with Crippen molar-refractivity contribution in [2.75, 3.05) is 5.32 Å². The van der Waals surface area contributed by atoms with Crippen molar-refractivity contribution < 1.29 is 23.0 Å². The Morgan fingerprint density at radius 3 is 2.50 bits per heavy atom. The third-order valence-corrected chi connectivity index (χ3v) is 4.33. The fraction of sp³-hybridized carbons (Fsp3) is 0.538. The molecule has 1 aliphatic carbocycles. The number of alkyl halides is 3. The molecule has 1 aromatic carbocycles. The van der Waals surface area contributed by atoms with Gasteiger partial charge in [0.25, 0.3) is 0 Å². The van der Waals surface area contributed by atoms with Crippen molar-refractivity contribution >= 4 is 21.6 Å². The molecular weight excluding hydrogens is 339 g/mol. The molecule has 1 aromatic rings. The molecular formula is C13H15BrF3NO2. The third-order valence-electron chi connectivity index (χ3n) is 3.71. The molecule has 1 aliphatic rings. The molecule has 0 heterocycles. The Morgan fingerprint density at radius 2 is 2.05 bits per heavy atom. The maximum absolute atomic E-state index is 12.2. The zero-order chi connectivity index (χ0) is 15.1. The first-order valence-corrected chi connectivity index (χ1v) is 6.89. The van der Waals surface area contributed by atoms with Crippen molar-refractivity contribution in [3.05, 3.63) is 22.7 Å². The lowest BCUT2D eigenvalue weighted by atomic mass is 9.64. The molecule has 0 aliphatic heterocycles. The molecule has 1 fully saturated rings. The number of anilines is 1. The molecule has 20 heavy (non-hydrogen) atoms. The SMILES string of the molecule is CC1(C)C(O)CC1Nc1ccc(OC(F)(F)F)c(Br)c1. The summed E-state index contributed by atoms with van der Waals surface area (Å²) in [5.74, 6) is -0.282. The lowest BCUT2D eigenvalue weighted by Crippen LogP contribution is -2.56. The standard InChI is InChI=1S/C13H15BrF3NO2/c1-12(2)10(6-11(12)19)18-7-3-4-9(8(14)5-7)20-13(15,16)17/h3-5,10-11,18-19H,6H2,1-2H3. The third kappa shape index (κ3) is 3.20. The molecule has 0 amide bonds. The van der Waals surface area contributed by atoms with Crippen LogP contribution < -0.4 is 10.1 Å². The lowest BCUT2D eigenvalue weighted by Gasteiger charge is -2.49. The van der Waals surface area contributed by atoms with Gasteiger partial charge in [0, 0.05) is 17.1 Å². The first-order valence-electron chi connectivity index (χ1n) is 6.09. The number of benzene rings is 1. The molecule has 0 saturated heterocycles. The second-order valence-corrected chi connectivity index (χ2v) is 6.32. The molecule has 7 heteroatoms. The van der Waals surface area contributed by atoms with E-state index in [-0.39, 0.29) is 27.8 Å². The molecule has 112 valence electrons. The highest BCUT2D eigenvalue weighted by Crippen LogP contribution is 2.43. The van der Waals surface area contributed by atoms with E-state index < -0.39 is 6.36 Å². The molecule has 2 rings (SSSR count). The lowest BCUT2D eigenvalue weighted by molar-refractivity contribution is -0.274. The fourth-order valence-corrected chi connectivity index (χ4v) is 2.61. The average Bonchev–Trinajstić information content (AvgIpc) is 2.31. The number of rotatable bonds is 3. The van der Waals surface area contributed by atoms with Crippen LogP contribution in [0.25, 0.3) is 0 Å². The van der Waals surface area contributed by atoms with Crippen molar-refractivity contribution in [1.82, 2.24) is 0 Å². The summed E-state index contributed by atoms with van der Waals surface area (Å²) in [5, 5.41) is 12.9. The molecule has 2 unspecified atom stereocenters. The number of nitrogens with one attached hydrogen (secondary N) is 1.